The van der Waals surface area contributed by atoms with Crippen molar-refractivity contribution in [3.05, 3.63) is 93.1 Å². The van der Waals surface area contributed by atoms with Crippen LogP contribution >= 0.6 is 15.9 Å². The molecule has 7 nitrogen and oxygen atoms in total. The molecule has 2 aromatic heterocycles. The molecule has 4 rings (SSSR count). The maximum absolute atomic E-state index is 10.8. The first-order valence-corrected chi connectivity index (χ1v) is 9.45. The lowest BCUT2D eigenvalue weighted by Gasteiger charge is -2.10. The van der Waals surface area contributed by atoms with E-state index in [4.69, 9.17) is 0 Å². The Morgan fingerprint density at radius 1 is 1.07 bits per heavy atom. The molecule has 0 fully saturated rings. The summed E-state index contributed by atoms with van der Waals surface area (Å²) in [5.41, 5.74) is 6.23. The van der Waals surface area contributed by atoms with Crippen LogP contribution in [0.2, 0.25) is 0 Å². The Morgan fingerprint density at radius 2 is 1.83 bits per heavy atom. The van der Waals surface area contributed by atoms with Gasteiger partial charge in [-0.15, -0.1) is 0 Å². The van der Waals surface area contributed by atoms with Crippen molar-refractivity contribution in [1.29, 1.82) is 0 Å². The Bertz CT molecular complexity index is 1210. The van der Waals surface area contributed by atoms with E-state index in [9.17, 15) is 10.1 Å². The molecule has 29 heavy (non-hydrogen) atoms. The summed E-state index contributed by atoms with van der Waals surface area (Å²) in [6, 6.07) is 19.9. The van der Waals surface area contributed by atoms with E-state index >= 15 is 0 Å². The number of hydrogen-bond donors (Lipinski definition) is 1. The second kappa shape index (κ2) is 8.15. The van der Waals surface area contributed by atoms with Gasteiger partial charge in [-0.1, -0.05) is 28.1 Å². The van der Waals surface area contributed by atoms with Crippen molar-refractivity contribution < 1.29 is 4.92 Å². The first-order chi connectivity index (χ1) is 14.1. The van der Waals surface area contributed by atoms with E-state index in [1.165, 1.54) is 12.1 Å². The topological polar surface area (TPSA) is 93.3 Å². The molecule has 0 amide bonds. The number of pyridine rings is 2. The Morgan fingerprint density at radius 3 is 2.55 bits per heavy atom. The number of benzene rings is 2. The summed E-state index contributed by atoms with van der Waals surface area (Å²) in [5.74, 6) is 0.566. The molecule has 0 aliphatic carbocycles. The zero-order valence-electron chi connectivity index (χ0n) is 15.0. The molecule has 0 spiro atoms. The number of anilines is 1. The minimum absolute atomic E-state index is 0.0369. The van der Waals surface area contributed by atoms with Crippen LogP contribution in [0, 0.1) is 10.1 Å². The number of halogens is 1. The molecule has 0 atom stereocenters. The van der Waals surface area contributed by atoms with Crippen LogP contribution in [0.15, 0.2) is 82.5 Å². The maximum atomic E-state index is 10.8. The van der Waals surface area contributed by atoms with Crippen molar-refractivity contribution >= 4 is 44.7 Å². The number of hydrogen-bond acceptors (Lipinski definition) is 6. The number of aromatic nitrogens is 2. The average Bonchev–Trinajstić information content (AvgIpc) is 2.74. The SMILES string of the molecule is O=[N+]([O-])c1ccc(/C=N/Nc2nc3ncccc3cc2-c2ccc(Br)cc2)cc1. The van der Waals surface area contributed by atoms with Gasteiger partial charge >= 0.3 is 0 Å². The highest BCUT2D eigenvalue weighted by atomic mass is 79.9. The summed E-state index contributed by atoms with van der Waals surface area (Å²) < 4.78 is 0.988. The molecule has 4 aromatic rings. The lowest BCUT2D eigenvalue weighted by Crippen LogP contribution is -1.98. The Kier molecular flexibility index (Phi) is 5.26. The minimum Gasteiger partial charge on any atom is -0.261 e. The van der Waals surface area contributed by atoms with Crippen molar-refractivity contribution in [2.24, 2.45) is 5.10 Å². The highest BCUT2D eigenvalue weighted by molar-refractivity contribution is 9.10. The van der Waals surface area contributed by atoms with Gasteiger partial charge in [0, 0.05) is 33.8 Å². The molecule has 142 valence electrons. The normalized spacial score (nSPS) is 11.1. The van der Waals surface area contributed by atoms with Crippen LogP contribution in [0.3, 0.4) is 0 Å². The minimum atomic E-state index is -0.435. The summed E-state index contributed by atoms with van der Waals surface area (Å²) in [5, 5.41) is 15.9. The molecule has 0 saturated heterocycles. The van der Waals surface area contributed by atoms with Gasteiger partial charge in [0.15, 0.2) is 11.5 Å². The lowest BCUT2D eigenvalue weighted by molar-refractivity contribution is -0.384. The second-order valence-corrected chi connectivity index (χ2v) is 7.08. The zero-order valence-corrected chi connectivity index (χ0v) is 16.6. The van der Waals surface area contributed by atoms with Crippen molar-refractivity contribution in [2.45, 2.75) is 0 Å². The Hall–Kier alpha value is -3.65. The predicted molar refractivity (Wildman–Crippen MR) is 117 cm³/mol. The molecule has 2 heterocycles. The summed E-state index contributed by atoms with van der Waals surface area (Å²) in [4.78, 5) is 19.2. The summed E-state index contributed by atoms with van der Waals surface area (Å²) >= 11 is 3.45. The van der Waals surface area contributed by atoms with Gasteiger partial charge in [0.05, 0.1) is 11.1 Å². The van der Waals surface area contributed by atoms with Gasteiger partial charge in [0.25, 0.3) is 5.69 Å². The summed E-state index contributed by atoms with van der Waals surface area (Å²) in [6.45, 7) is 0. The molecular weight excluding hydrogens is 434 g/mol. The zero-order chi connectivity index (χ0) is 20.2. The number of nitrogens with one attached hydrogen (secondary N) is 1. The molecule has 2 aromatic carbocycles. The van der Waals surface area contributed by atoms with Crippen molar-refractivity contribution in [3.8, 4) is 11.1 Å². The van der Waals surface area contributed by atoms with Gasteiger partial charge in [0.1, 0.15) is 0 Å². The van der Waals surface area contributed by atoms with E-state index in [0.717, 1.165) is 26.5 Å². The molecule has 0 aliphatic heterocycles. The van der Waals surface area contributed by atoms with Crippen LogP contribution < -0.4 is 5.43 Å². The third kappa shape index (κ3) is 4.27. The Balaban J connectivity index is 1.67. The molecule has 1 N–H and O–H groups in total. The third-order valence-electron chi connectivity index (χ3n) is 4.23. The first kappa shape index (κ1) is 18.7. The summed E-state index contributed by atoms with van der Waals surface area (Å²) in [7, 11) is 0. The number of nitro groups is 1. The number of hydrazone groups is 1. The highest BCUT2D eigenvalue weighted by Gasteiger charge is 2.10. The number of rotatable bonds is 5. The van der Waals surface area contributed by atoms with Gasteiger partial charge in [-0.2, -0.15) is 5.10 Å². The fourth-order valence-electron chi connectivity index (χ4n) is 2.79. The van der Waals surface area contributed by atoms with E-state index in [-0.39, 0.29) is 5.69 Å². The number of non-ortho nitro benzene ring substituents is 1. The van der Waals surface area contributed by atoms with Crippen LogP contribution in [0.25, 0.3) is 22.2 Å². The van der Waals surface area contributed by atoms with Crippen LogP contribution in [0.4, 0.5) is 11.5 Å². The van der Waals surface area contributed by atoms with Gasteiger partial charge in [-0.05, 0) is 53.6 Å². The van der Waals surface area contributed by atoms with E-state index in [0.29, 0.717) is 11.5 Å². The van der Waals surface area contributed by atoms with Crippen LogP contribution in [-0.4, -0.2) is 21.1 Å². The lowest BCUT2D eigenvalue weighted by atomic mass is 10.1. The largest absolute Gasteiger partial charge is 0.269 e. The van der Waals surface area contributed by atoms with E-state index in [1.54, 1.807) is 24.5 Å². The molecule has 0 bridgehead atoms. The molecule has 0 aliphatic rings. The standard InChI is InChI=1S/C21H14BrN5O2/c22-17-7-5-15(6-8-17)19-12-16-2-1-11-23-20(16)25-21(19)26-24-13-14-3-9-18(10-4-14)27(28)29/h1-13H,(H,23,25,26)/b24-13+. The molecule has 0 radical (unpaired) electrons. The predicted octanol–water partition coefficient (Wildman–Crippen LogP) is 5.41. The van der Waals surface area contributed by atoms with Gasteiger partial charge in [-0.3, -0.25) is 15.5 Å². The second-order valence-electron chi connectivity index (χ2n) is 6.16. The quantitative estimate of drug-likeness (QED) is 0.250. The fourth-order valence-corrected chi connectivity index (χ4v) is 3.05. The van der Waals surface area contributed by atoms with E-state index in [2.05, 4.69) is 36.4 Å². The molecular formula is C21H14BrN5O2. The molecule has 0 unspecified atom stereocenters. The van der Waals surface area contributed by atoms with E-state index < -0.39 is 4.92 Å². The van der Waals surface area contributed by atoms with Gasteiger partial charge < -0.3 is 0 Å². The maximum Gasteiger partial charge on any atom is 0.269 e. The fraction of sp³-hybridized carbons (Fsp3) is 0. The summed E-state index contributed by atoms with van der Waals surface area (Å²) in [6.07, 6.45) is 3.28. The monoisotopic (exact) mass is 447 g/mol. The molecule has 0 saturated carbocycles. The van der Waals surface area contributed by atoms with Crippen LogP contribution in [0.5, 0.6) is 0 Å². The van der Waals surface area contributed by atoms with Crippen LogP contribution in [0.1, 0.15) is 5.56 Å². The number of fused-ring (bicyclic) bond motifs is 1. The van der Waals surface area contributed by atoms with Gasteiger partial charge in [0.2, 0.25) is 0 Å². The van der Waals surface area contributed by atoms with Crippen molar-refractivity contribution in [2.75, 3.05) is 5.43 Å². The smallest absolute Gasteiger partial charge is 0.261 e. The number of nitrogens with zero attached hydrogens (tertiary/aromatic N) is 4. The average molecular weight is 448 g/mol. The molecule has 8 heteroatoms. The third-order valence-corrected chi connectivity index (χ3v) is 4.76. The van der Waals surface area contributed by atoms with Crippen LogP contribution in [-0.2, 0) is 0 Å². The first-order valence-electron chi connectivity index (χ1n) is 8.65. The van der Waals surface area contributed by atoms with Gasteiger partial charge in [-0.25, -0.2) is 9.97 Å². The highest BCUT2D eigenvalue weighted by Crippen LogP contribution is 2.30. The number of nitro benzene ring substituents is 1. The van der Waals surface area contributed by atoms with E-state index in [1.807, 2.05) is 42.5 Å². The van der Waals surface area contributed by atoms with Crippen molar-refractivity contribution in [1.82, 2.24) is 9.97 Å². The Labute approximate surface area is 174 Å². The van der Waals surface area contributed by atoms with Crippen molar-refractivity contribution in [3.63, 3.8) is 0 Å².